The van der Waals surface area contributed by atoms with Gasteiger partial charge < -0.3 is 14.6 Å². The summed E-state index contributed by atoms with van der Waals surface area (Å²) in [7, 11) is 1.66. The fraction of sp³-hybridized carbons (Fsp3) is 0.158. The van der Waals surface area contributed by atoms with Crippen LogP contribution >= 0.6 is 0 Å². The van der Waals surface area contributed by atoms with Crippen molar-refractivity contribution >= 4 is 22.5 Å². The molecule has 0 spiro atoms. The Morgan fingerprint density at radius 2 is 1.92 bits per heavy atom. The first-order chi connectivity index (χ1) is 11.6. The van der Waals surface area contributed by atoms with Gasteiger partial charge >= 0.3 is 0 Å². The molecular weight excluding hydrogens is 304 g/mol. The van der Waals surface area contributed by atoms with E-state index in [1.807, 2.05) is 37.3 Å². The summed E-state index contributed by atoms with van der Waals surface area (Å²) in [6.45, 7) is 2.44. The minimum absolute atomic E-state index is 0.109. The number of anilines is 1. The van der Waals surface area contributed by atoms with Crippen molar-refractivity contribution in [1.82, 2.24) is 4.57 Å². The Balaban J connectivity index is 1.96. The van der Waals surface area contributed by atoms with E-state index < -0.39 is 5.91 Å². The molecule has 24 heavy (non-hydrogen) atoms. The van der Waals surface area contributed by atoms with Gasteiger partial charge in [-0.2, -0.15) is 0 Å². The van der Waals surface area contributed by atoms with E-state index in [-0.39, 0.29) is 11.1 Å². The minimum Gasteiger partial charge on any atom is -0.494 e. The molecular formula is C19H18N2O3. The summed E-state index contributed by atoms with van der Waals surface area (Å²) in [5.41, 5.74) is 1.16. The van der Waals surface area contributed by atoms with Gasteiger partial charge in [0.05, 0.1) is 12.1 Å². The molecule has 0 aliphatic heterocycles. The van der Waals surface area contributed by atoms with Crippen molar-refractivity contribution < 1.29 is 9.53 Å². The van der Waals surface area contributed by atoms with E-state index in [1.165, 1.54) is 4.57 Å². The van der Waals surface area contributed by atoms with Gasteiger partial charge in [0.15, 0.2) is 0 Å². The van der Waals surface area contributed by atoms with Crippen LogP contribution in [0.25, 0.3) is 10.9 Å². The average Bonchev–Trinajstić information content (AvgIpc) is 2.58. The van der Waals surface area contributed by atoms with Crippen molar-refractivity contribution in [3.8, 4) is 5.75 Å². The third-order valence-corrected chi connectivity index (χ3v) is 3.78. The number of para-hydroxylation sites is 1. The van der Waals surface area contributed by atoms with E-state index in [9.17, 15) is 9.59 Å². The quantitative estimate of drug-likeness (QED) is 0.802. The lowest BCUT2D eigenvalue weighted by molar-refractivity contribution is 0.102. The molecule has 0 aliphatic rings. The normalized spacial score (nSPS) is 10.6. The van der Waals surface area contributed by atoms with Crippen molar-refractivity contribution in [2.24, 2.45) is 7.05 Å². The maximum absolute atomic E-state index is 12.5. The molecule has 1 amide bonds. The van der Waals surface area contributed by atoms with Crippen molar-refractivity contribution in [1.29, 1.82) is 0 Å². The average molecular weight is 322 g/mol. The summed E-state index contributed by atoms with van der Waals surface area (Å²) in [4.78, 5) is 25.0. The minimum atomic E-state index is -0.435. The molecule has 5 heteroatoms. The predicted molar refractivity (Wildman–Crippen MR) is 94.8 cm³/mol. The molecule has 0 aliphatic carbocycles. The number of nitrogens with one attached hydrogen (secondary N) is 1. The molecule has 0 fully saturated rings. The van der Waals surface area contributed by atoms with Gasteiger partial charge in [-0.1, -0.05) is 24.3 Å². The predicted octanol–water partition coefficient (Wildman–Crippen LogP) is 3.19. The number of aryl methyl sites for hydroxylation is 1. The first kappa shape index (κ1) is 15.8. The van der Waals surface area contributed by atoms with E-state index >= 15 is 0 Å². The number of amides is 1. The third-order valence-electron chi connectivity index (χ3n) is 3.78. The first-order valence-electron chi connectivity index (χ1n) is 7.73. The van der Waals surface area contributed by atoms with Crippen LogP contribution in [0, 0.1) is 0 Å². The SMILES string of the molecule is CCOc1cccc(NC(=O)c2cc3ccccc3n(C)c2=O)c1. The van der Waals surface area contributed by atoms with E-state index in [0.29, 0.717) is 18.0 Å². The largest absolute Gasteiger partial charge is 0.494 e. The number of hydrogen-bond acceptors (Lipinski definition) is 3. The van der Waals surface area contributed by atoms with Gasteiger partial charge in [0.25, 0.3) is 11.5 Å². The van der Waals surface area contributed by atoms with Gasteiger partial charge in [-0.25, -0.2) is 0 Å². The Labute approximate surface area is 139 Å². The topological polar surface area (TPSA) is 60.3 Å². The summed E-state index contributed by atoms with van der Waals surface area (Å²) >= 11 is 0. The molecule has 0 saturated carbocycles. The maximum Gasteiger partial charge on any atom is 0.263 e. The number of hydrogen-bond donors (Lipinski definition) is 1. The van der Waals surface area contributed by atoms with Gasteiger partial charge in [-0.05, 0) is 36.6 Å². The van der Waals surface area contributed by atoms with Crippen LogP contribution < -0.4 is 15.6 Å². The smallest absolute Gasteiger partial charge is 0.263 e. The molecule has 5 nitrogen and oxygen atoms in total. The molecule has 1 aromatic heterocycles. The lowest BCUT2D eigenvalue weighted by Gasteiger charge is -2.10. The Morgan fingerprint density at radius 1 is 1.12 bits per heavy atom. The summed E-state index contributed by atoms with van der Waals surface area (Å²) in [5.74, 6) is 0.233. The molecule has 0 unspecified atom stereocenters. The zero-order valence-electron chi connectivity index (χ0n) is 13.6. The Hall–Kier alpha value is -3.08. The number of carbonyl (C=O) groups is 1. The number of benzene rings is 2. The monoisotopic (exact) mass is 322 g/mol. The standard InChI is InChI=1S/C19H18N2O3/c1-3-24-15-9-6-8-14(12-15)20-18(22)16-11-13-7-4-5-10-17(13)21(2)19(16)23/h4-12H,3H2,1-2H3,(H,20,22). The summed E-state index contributed by atoms with van der Waals surface area (Å²) in [6, 6.07) is 16.2. The number of pyridine rings is 1. The van der Waals surface area contributed by atoms with Crippen LogP contribution in [0.2, 0.25) is 0 Å². The number of aromatic nitrogens is 1. The van der Waals surface area contributed by atoms with Crippen molar-refractivity contribution in [3.05, 3.63) is 70.5 Å². The van der Waals surface area contributed by atoms with Gasteiger partial charge in [0.1, 0.15) is 11.3 Å². The van der Waals surface area contributed by atoms with Crippen LogP contribution in [0.4, 0.5) is 5.69 Å². The Morgan fingerprint density at radius 3 is 2.71 bits per heavy atom. The summed E-state index contributed by atoms with van der Waals surface area (Å²) in [5, 5.41) is 3.60. The molecule has 0 atom stereocenters. The Kier molecular flexibility index (Phi) is 4.33. The van der Waals surface area contributed by atoms with Crippen LogP contribution in [0.3, 0.4) is 0 Å². The number of rotatable bonds is 4. The third kappa shape index (κ3) is 3.01. The fourth-order valence-electron chi connectivity index (χ4n) is 2.61. The number of fused-ring (bicyclic) bond motifs is 1. The van der Waals surface area contributed by atoms with E-state index in [2.05, 4.69) is 5.32 Å². The van der Waals surface area contributed by atoms with E-state index in [4.69, 9.17) is 4.74 Å². The molecule has 0 bridgehead atoms. The molecule has 1 heterocycles. The van der Waals surface area contributed by atoms with E-state index in [0.717, 1.165) is 10.9 Å². The van der Waals surface area contributed by atoms with Gasteiger partial charge in [0.2, 0.25) is 0 Å². The first-order valence-corrected chi connectivity index (χ1v) is 7.73. The molecule has 3 rings (SSSR count). The lowest BCUT2D eigenvalue weighted by Crippen LogP contribution is -2.27. The molecule has 0 saturated heterocycles. The van der Waals surface area contributed by atoms with Crippen LogP contribution in [-0.4, -0.2) is 17.1 Å². The zero-order chi connectivity index (χ0) is 17.1. The number of carbonyl (C=O) groups excluding carboxylic acids is 1. The highest BCUT2D eigenvalue weighted by Gasteiger charge is 2.14. The zero-order valence-corrected chi connectivity index (χ0v) is 13.6. The lowest BCUT2D eigenvalue weighted by atomic mass is 10.1. The molecule has 0 radical (unpaired) electrons. The Bertz CT molecular complexity index is 960. The van der Waals surface area contributed by atoms with Gasteiger partial charge in [-0.15, -0.1) is 0 Å². The van der Waals surface area contributed by atoms with Crippen LogP contribution in [0.1, 0.15) is 17.3 Å². The van der Waals surface area contributed by atoms with Crippen LogP contribution in [0.5, 0.6) is 5.75 Å². The van der Waals surface area contributed by atoms with Crippen LogP contribution in [0.15, 0.2) is 59.4 Å². The van der Waals surface area contributed by atoms with Gasteiger partial charge in [-0.3, -0.25) is 9.59 Å². The molecule has 3 aromatic rings. The summed E-state index contributed by atoms with van der Waals surface area (Å²) < 4.78 is 6.90. The highest BCUT2D eigenvalue weighted by atomic mass is 16.5. The maximum atomic E-state index is 12.5. The second-order valence-electron chi connectivity index (χ2n) is 5.40. The van der Waals surface area contributed by atoms with Crippen molar-refractivity contribution in [2.45, 2.75) is 6.92 Å². The van der Waals surface area contributed by atoms with Crippen molar-refractivity contribution in [3.63, 3.8) is 0 Å². The molecule has 122 valence electrons. The summed E-state index contributed by atoms with van der Waals surface area (Å²) in [6.07, 6.45) is 0. The fourth-order valence-corrected chi connectivity index (χ4v) is 2.61. The second-order valence-corrected chi connectivity index (χ2v) is 5.40. The number of nitrogens with zero attached hydrogens (tertiary/aromatic N) is 1. The van der Waals surface area contributed by atoms with Crippen LogP contribution in [-0.2, 0) is 7.05 Å². The second kappa shape index (κ2) is 6.58. The van der Waals surface area contributed by atoms with Gasteiger partial charge in [0, 0.05) is 18.8 Å². The van der Waals surface area contributed by atoms with Crippen molar-refractivity contribution in [2.75, 3.05) is 11.9 Å². The number of ether oxygens (including phenoxy) is 1. The molecule has 2 aromatic carbocycles. The highest BCUT2D eigenvalue weighted by molar-refractivity contribution is 6.05. The van der Waals surface area contributed by atoms with E-state index in [1.54, 1.807) is 31.3 Å². The highest BCUT2D eigenvalue weighted by Crippen LogP contribution is 2.18. The molecule has 1 N–H and O–H groups in total.